The van der Waals surface area contributed by atoms with Gasteiger partial charge in [0.05, 0.1) is 7.11 Å². The van der Waals surface area contributed by atoms with Crippen LogP contribution in [0.25, 0.3) is 0 Å². The van der Waals surface area contributed by atoms with Crippen molar-refractivity contribution in [1.82, 2.24) is 0 Å². The number of methoxy groups -OCH3 is 1. The fourth-order valence-electron chi connectivity index (χ4n) is 5.73. The van der Waals surface area contributed by atoms with Gasteiger partial charge >= 0.3 is 0 Å². The normalized spacial score (nSPS) is 19.1. The first-order valence-corrected chi connectivity index (χ1v) is 13.2. The van der Waals surface area contributed by atoms with Gasteiger partial charge in [0.1, 0.15) is 17.2 Å². The number of amides is 1. The maximum Gasteiger partial charge on any atom is 0.232 e. The van der Waals surface area contributed by atoms with Crippen LogP contribution in [0, 0.1) is 0 Å². The molecule has 39 heavy (non-hydrogen) atoms. The molecule has 1 aliphatic heterocycles. The molecule has 0 N–H and O–H groups in total. The van der Waals surface area contributed by atoms with Gasteiger partial charge in [-0.15, -0.1) is 0 Å². The maximum absolute atomic E-state index is 13.8. The lowest BCUT2D eigenvalue weighted by molar-refractivity contribution is -0.120. The number of ether oxygens (including phenoxy) is 2. The highest BCUT2D eigenvalue weighted by Gasteiger charge is 2.42. The van der Waals surface area contributed by atoms with Crippen molar-refractivity contribution in [1.29, 1.82) is 0 Å². The molecule has 1 amide bonds. The minimum Gasteiger partial charge on any atom is -0.497 e. The minimum absolute atomic E-state index is 0.0116. The number of hydrogen-bond acceptors (Lipinski definition) is 4. The highest BCUT2D eigenvalue weighted by atomic mass is 16.5. The van der Waals surface area contributed by atoms with E-state index in [0.29, 0.717) is 24.3 Å². The smallest absolute Gasteiger partial charge is 0.232 e. The Labute approximate surface area is 228 Å². The average molecular weight is 516 g/mol. The largest absolute Gasteiger partial charge is 0.497 e. The van der Waals surface area contributed by atoms with Crippen LogP contribution in [0.15, 0.2) is 120 Å². The summed E-state index contributed by atoms with van der Waals surface area (Å²) in [5.74, 6) is 1.92. The Balaban J connectivity index is 1.40. The molecule has 2 aliphatic rings. The Kier molecular flexibility index (Phi) is 6.72. The van der Waals surface area contributed by atoms with Crippen molar-refractivity contribution in [3.8, 4) is 17.2 Å². The molecule has 0 aromatic heterocycles. The fraction of sp³-hybridized carbons (Fsp3) is 0.176. The van der Waals surface area contributed by atoms with E-state index in [4.69, 9.17) is 9.47 Å². The summed E-state index contributed by atoms with van der Waals surface area (Å²) >= 11 is 0. The monoisotopic (exact) mass is 515 g/mol. The highest BCUT2D eigenvalue weighted by molar-refractivity contribution is 6.08. The molecule has 1 aliphatic carbocycles. The number of benzene rings is 4. The lowest BCUT2D eigenvalue weighted by Crippen LogP contribution is -2.41. The van der Waals surface area contributed by atoms with Gasteiger partial charge in [0.2, 0.25) is 5.91 Å². The minimum atomic E-state index is -0.302. The molecule has 0 bridgehead atoms. The number of nitrogens with zero attached hydrogens (tertiary/aromatic N) is 1. The van der Waals surface area contributed by atoms with E-state index in [1.807, 2.05) is 97.1 Å². The zero-order chi connectivity index (χ0) is 26.8. The maximum atomic E-state index is 13.8. The van der Waals surface area contributed by atoms with Crippen molar-refractivity contribution in [3.05, 3.63) is 132 Å². The van der Waals surface area contributed by atoms with Crippen LogP contribution in [0.5, 0.6) is 17.2 Å². The van der Waals surface area contributed by atoms with Crippen LogP contribution in [-0.2, 0) is 9.59 Å². The first kappa shape index (κ1) is 24.7. The summed E-state index contributed by atoms with van der Waals surface area (Å²) < 4.78 is 11.4. The first-order valence-electron chi connectivity index (χ1n) is 13.2. The highest BCUT2D eigenvalue weighted by Crippen LogP contribution is 2.47. The van der Waals surface area contributed by atoms with Crippen molar-refractivity contribution >= 4 is 17.4 Å². The molecule has 0 saturated carbocycles. The van der Waals surface area contributed by atoms with Crippen molar-refractivity contribution in [2.24, 2.45) is 0 Å². The van der Waals surface area contributed by atoms with Crippen LogP contribution >= 0.6 is 0 Å². The van der Waals surface area contributed by atoms with Crippen LogP contribution in [0.3, 0.4) is 0 Å². The second-order valence-corrected chi connectivity index (χ2v) is 9.97. The molecular weight excluding hydrogens is 486 g/mol. The molecule has 2 atom stereocenters. The molecular formula is C34H29NO4. The number of Topliss-reactive ketones (excluding diaryl/α,β-unsaturated/α-hetero) is 1. The van der Waals surface area contributed by atoms with Crippen LogP contribution in [0.1, 0.15) is 42.2 Å². The van der Waals surface area contributed by atoms with Gasteiger partial charge in [-0.2, -0.15) is 0 Å². The number of carbonyl (C=O) groups excluding carboxylic acids is 2. The predicted molar refractivity (Wildman–Crippen MR) is 151 cm³/mol. The molecule has 194 valence electrons. The van der Waals surface area contributed by atoms with Crippen molar-refractivity contribution < 1.29 is 19.1 Å². The van der Waals surface area contributed by atoms with E-state index in [9.17, 15) is 9.59 Å². The molecule has 0 fully saturated rings. The summed E-state index contributed by atoms with van der Waals surface area (Å²) in [5.41, 5.74) is 4.30. The van der Waals surface area contributed by atoms with Gasteiger partial charge < -0.3 is 9.47 Å². The third kappa shape index (κ3) is 4.96. The molecule has 4 aromatic rings. The Morgan fingerprint density at radius 1 is 0.667 bits per heavy atom. The molecule has 0 radical (unpaired) electrons. The average Bonchev–Trinajstić information content (AvgIpc) is 2.98. The Hall–Kier alpha value is -4.64. The van der Waals surface area contributed by atoms with E-state index in [2.05, 4.69) is 12.1 Å². The molecule has 0 saturated heterocycles. The van der Waals surface area contributed by atoms with Crippen LogP contribution in [0.2, 0.25) is 0 Å². The van der Waals surface area contributed by atoms with E-state index in [1.54, 1.807) is 12.0 Å². The number of para-hydroxylation sites is 1. The van der Waals surface area contributed by atoms with Crippen molar-refractivity contribution in [2.45, 2.75) is 31.1 Å². The number of hydrogen-bond donors (Lipinski definition) is 0. The van der Waals surface area contributed by atoms with E-state index in [-0.39, 0.29) is 29.9 Å². The van der Waals surface area contributed by atoms with Crippen LogP contribution in [-0.4, -0.2) is 18.8 Å². The van der Waals surface area contributed by atoms with Gasteiger partial charge in [-0.1, -0.05) is 60.7 Å². The third-order valence-corrected chi connectivity index (χ3v) is 7.57. The van der Waals surface area contributed by atoms with Gasteiger partial charge in [-0.25, -0.2) is 0 Å². The van der Waals surface area contributed by atoms with Crippen molar-refractivity contribution in [2.75, 3.05) is 12.0 Å². The molecule has 1 heterocycles. The topological polar surface area (TPSA) is 55.8 Å². The molecule has 4 aromatic carbocycles. The standard InChI is InChI=1S/C34H29NO4/c1-38-29-14-8-11-24(19-29)30-22-33(37)35(26-15-17-28(18-16-26)39-27-12-6-3-7-13-27)31-20-25(21-32(36)34(30)31)23-9-4-2-5-10-23/h2-19,25,30H,20-22H2,1H3. The molecule has 5 nitrogen and oxygen atoms in total. The fourth-order valence-corrected chi connectivity index (χ4v) is 5.73. The quantitative estimate of drug-likeness (QED) is 0.268. The van der Waals surface area contributed by atoms with E-state index < -0.39 is 0 Å². The van der Waals surface area contributed by atoms with Crippen LogP contribution < -0.4 is 14.4 Å². The summed E-state index contributed by atoms with van der Waals surface area (Å²) in [5, 5.41) is 0. The lowest BCUT2D eigenvalue weighted by atomic mass is 9.72. The second kappa shape index (κ2) is 10.6. The number of rotatable bonds is 6. The molecule has 5 heteroatoms. The molecule has 0 spiro atoms. The molecule has 6 rings (SSSR count). The Bertz CT molecular complexity index is 1530. The summed E-state index contributed by atoms with van der Waals surface area (Å²) in [6.07, 6.45) is 1.25. The Morgan fingerprint density at radius 3 is 2.03 bits per heavy atom. The van der Waals surface area contributed by atoms with Crippen molar-refractivity contribution in [3.63, 3.8) is 0 Å². The SMILES string of the molecule is COc1cccc(C2CC(=O)N(c3ccc(Oc4ccccc4)cc3)C3=C2C(=O)CC(c2ccccc2)C3)c1. The second-order valence-electron chi connectivity index (χ2n) is 9.97. The van der Waals surface area contributed by atoms with Gasteiger partial charge in [0.15, 0.2) is 5.78 Å². The molecule has 2 unspecified atom stereocenters. The summed E-state index contributed by atoms with van der Waals surface area (Å²) in [6, 6.07) is 34.9. The van der Waals surface area contributed by atoms with E-state index in [1.165, 1.54) is 0 Å². The number of carbonyl (C=O) groups is 2. The predicted octanol–water partition coefficient (Wildman–Crippen LogP) is 7.41. The summed E-state index contributed by atoms with van der Waals surface area (Å²) in [4.78, 5) is 29.4. The Morgan fingerprint density at radius 2 is 1.31 bits per heavy atom. The van der Waals surface area contributed by atoms with E-state index >= 15 is 0 Å². The zero-order valence-electron chi connectivity index (χ0n) is 21.7. The van der Waals surface area contributed by atoms with Gasteiger partial charge in [-0.05, 0) is 72.0 Å². The summed E-state index contributed by atoms with van der Waals surface area (Å²) in [6.45, 7) is 0. The van der Waals surface area contributed by atoms with Gasteiger partial charge in [-0.3, -0.25) is 14.5 Å². The van der Waals surface area contributed by atoms with E-state index in [0.717, 1.165) is 33.8 Å². The first-order chi connectivity index (χ1) is 19.1. The number of allylic oxidation sites excluding steroid dienone is 2. The van der Waals surface area contributed by atoms with Crippen LogP contribution in [0.4, 0.5) is 5.69 Å². The van der Waals surface area contributed by atoms with Gasteiger partial charge in [0, 0.05) is 35.7 Å². The summed E-state index contributed by atoms with van der Waals surface area (Å²) in [7, 11) is 1.62. The lowest BCUT2D eigenvalue weighted by Gasteiger charge is -2.40. The van der Waals surface area contributed by atoms with Gasteiger partial charge in [0.25, 0.3) is 0 Å². The number of anilines is 1. The zero-order valence-corrected chi connectivity index (χ0v) is 21.7. The number of ketones is 1. The third-order valence-electron chi connectivity index (χ3n) is 7.57.